The van der Waals surface area contributed by atoms with Gasteiger partial charge in [0.15, 0.2) is 0 Å². The second kappa shape index (κ2) is 5.90. The Morgan fingerprint density at radius 2 is 2.11 bits per heavy atom. The number of aliphatic carboxylic acids is 1. The second-order valence-corrected chi connectivity index (χ2v) is 3.75. The van der Waals surface area contributed by atoms with E-state index < -0.39 is 29.5 Å². The van der Waals surface area contributed by atoms with E-state index in [2.05, 4.69) is 0 Å². The second-order valence-electron chi connectivity index (χ2n) is 3.75. The fourth-order valence-corrected chi connectivity index (χ4v) is 1.51. The van der Waals surface area contributed by atoms with Gasteiger partial charge < -0.3 is 15.3 Å². The van der Waals surface area contributed by atoms with Crippen molar-refractivity contribution in [2.75, 3.05) is 0 Å². The number of benzene rings is 1. The number of nitro groups is 1. The van der Waals surface area contributed by atoms with E-state index in [9.17, 15) is 25.1 Å². The fraction of sp³-hybridized carbons (Fsp3) is 0.273. The maximum Gasteiger partial charge on any atom is 0.306 e. The van der Waals surface area contributed by atoms with Crippen molar-refractivity contribution in [2.45, 2.75) is 18.6 Å². The number of nitro benzene ring substituents is 1. The van der Waals surface area contributed by atoms with E-state index in [-0.39, 0.29) is 16.8 Å². The standard InChI is InChI=1S/C11H10N2O6/c12-5-6-3-7(13(18)19)1-2-8(6)11(17)9(14)4-10(15)16/h1-3,9,11,14,17H,4H2,(H,15,16). The lowest BCUT2D eigenvalue weighted by atomic mass is 9.97. The quantitative estimate of drug-likeness (QED) is 0.514. The zero-order valence-electron chi connectivity index (χ0n) is 9.55. The van der Waals surface area contributed by atoms with Gasteiger partial charge in [-0.05, 0) is 6.07 Å². The number of non-ortho nitro benzene ring substituents is 1. The van der Waals surface area contributed by atoms with E-state index in [0.717, 1.165) is 18.2 Å². The Morgan fingerprint density at radius 3 is 2.58 bits per heavy atom. The molecule has 19 heavy (non-hydrogen) atoms. The highest BCUT2D eigenvalue weighted by Gasteiger charge is 2.24. The van der Waals surface area contributed by atoms with Crippen molar-refractivity contribution >= 4 is 11.7 Å². The Balaban J connectivity index is 3.10. The third kappa shape index (κ3) is 3.48. The van der Waals surface area contributed by atoms with Gasteiger partial charge in [0, 0.05) is 17.7 Å². The maximum atomic E-state index is 10.5. The molecule has 1 aromatic carbocycles. The van der Waals surface area contributed by atoms with Gasteiger partial charge in [-0.25, -0.2) is 0 Å². The molecule has 0 amide bonds. The van der Waals surface area contributed by atoms with Crippen LogP contribution in [0.3, 0.4) is 0 Å². The summed E-state index contributed by atoms with van der Waals surface area (Å²) in [7, 11) is 0. The lowest BCUT2D eigenvalue weighted by Gasteiger charge is -2.17. The van der Waals surface area contributed by atoms with Gasteiger partial charge in [0.05, 0.1) is 29.1 Å². The van der Waals surface area contributed by atoms with Crippen molar-refractivity contribution in [3.8, 4) is 6.07 Å². The number of carbonyl (C=O) groups is 1. The molecule has 0 fully saturated rings. The minimum absolute atomic E-state index is 0.0538. The number of carboxylic acids is 1. The molecule has 8 heteroatoms. The molecule has 3 N–H and O–H groups in total. The summed E-state index contributed by atoms with van der Waals surface area (Å²) in [5, 5.41) is 47.1. The molecule has 0 aliphatic heterocycles. The molecular weight excluding hydrogens is 256 g/mol. The first-order valence-electron chi connectivity index (χ1n) is 5.13. The highest BCUT2D eigenvalue weighted by Crippen LogP contribution is 2.25. The summed E-state index contributed by atoms with van der Waals surface area (Å²) < 4.78 is 0. The molecule has 0 aliphatic carbocycles. The molecule has 0 aliphatic rings. The Bertz CT molecular complexity index is 551. The van der Waals surface area contributed by atoms with Crippen molar-refractivity contribution in [1.29, 1.82) is 5.26 Å². The van der Waals surface area contributed by atoms with Gasteiger partial charge >= 0.3 is 5.97 Å². The molecule has 0 heterocycles. The third-order valence-electron chi connectivity index (χ3n) is 2.44. The van der Waals surface area contributed by atoms with E-state index in [4.69, 9.17) is 10.4 Å². The lowest BCUT2D eigenvalue weighted by molar-refractivity contribution is -0.384. The minimum atomic E-state index is -1.61. The van der Waals surface area contributed by atoms with Crippen LogP contribution in [0.2, 0.25) is 0 Å². The molecule has 0 saturated carbocycles. The highest BCUT2D eigenvalue weighted by atomic mass is 16.6. The number of hydrogen-bond donors (Lipinski definition) is 3. The minimum Gasteiger partial charge on any atom is -0.481 e. The van der Waals surface area contributed by atoms with Crippen LogP contribution in [-0.4, -0.2) is 32.3 Å². The molecule has 1 rings (SSSR count). The SMILES string of the molecule is N#Cc1cc([N+](=O)[O-])ccc1C(O)C(O)CC(=O)O. The Hall–Kier alpha value is -2.50. The molecule has 0 bridgehead atoms. The van der Waals surface area contributed by atoms with Crippen molar-refractivity contribution in [3.05, 3.63) is 39.4 Å². The first kappa shape index (κ1) is 14.6. The molecule has 8 nitrogen and oxygen atoms in total. The number of nitrogens with zero attached hydrogens (tertiary/aromatic N) is 2. The molecule has 1 aromatic rings. The summed E-state index contributed by atoms with van der Waals surface area (Å²) in [5.74, 6) is -1.31. The van der Waals surface area contributed by atoms with Crippen LogP contribution < -0.4 is 0 Å². The van der Waals surface area contributed by atoms with Crippen LogP contribution in [0, 0.1) is 21.4 Å². The number of aliphatic hydroxyl groups excluding tert-OH is 2. The summed E-state index contributed by atoms with van der Waals surface area (Å²) >= 11 is 0. The molecule has 0 spiro atoms. The normalized spacial score (nSPS) is 13.3. The lowest BCUT2D eigenvalue weighted by Crippen LogP contribution is -2.22. The summed E-state index contributed by atoms with van der Waals surface area (Å²) in [6.07, 6.45) is -3.92. The van der Waals surface area contributed by atoms with E-state index in [0.29, 0.717) is 0 Å². The molecule has 100 valence electrons. The first-order valence-corrected chi connectivity index (χ1v) is 5.13. The van der Waals surface area contributed by atoms with Crippen molar-refractivity contribution in [1.82, 2.24) is 0 Å². The third-order valence-corrected chi connectivity index (χ3v) is 2.44. The smallest absolute Gasteiger partial charge is 0.306 e. The van der Waals surface area contributed by atoms with Crippen LogP contribution in [-0.2, 0) is 4.79 Å². The van der Waals surface area contributed by atoms with E-state index in [1.54, 1.807) is 6.07 Å². The number of aliphatic hydroxyl groups is 2. The van der Waals surface area contributed by atoms with Crippen molar-refractivity contribution < 1.29 is 25.0 Å². The fourth-order valence-electron chi connectivity index (χ4n) is 1.51. The number of carboxylic acid groups (broad SMARTS) is 1. The number of hydrogen-bond acceptors (Lipinski definition) is 6. The van der Waals surface area contributed by atoms with Gasteiger partial charge in [0.1, 0.15) is 6.10 Å². The van der Waals surface area contributed by atoms with Crippen LogP contribution in [0.4, 0.5) is 5.69 Å². The van der Waals surface area contributed by atoms with E-state index in [1.807, 2.05) is 0 Å². The van der Waals surface area contributed by atoms with Crippen LogP contribution in [0.15, 0.2) is 18.2 Å². The van der Waals surface area contributed by atoms with Gasteiger partial charge in [0.2, 0.25) is 0 Å². The van der Waals surface area contributed by atoms with Crippen molar-refractivity contribution in [2.24, 2.45) is 0 Å². The van der Waals surface area contributed by atoms with Crippen LogP contribution in [0.5, 0.6) is 0 Å². The monoisotopic (exact) mass is 266 g/mol. The van der Waals surface area contributed by atoms with Gasteiger partial charge in [0.25, 0.3) is 5.69 Å². The molecule has 2 unspecified atom stereocenters. The topological polar surface area (TPSA) is 145 Å². The van der Waals surface area contributed by atoms with Gasteiger partial charge in [-0.3, -0.25) is 14.9 Å². The summed E-state index contributed by atoms with van der Waals surface area (Å²) in [6.45, 7) is 0. The van der Waals surface area contributed by atoms with E-state index in [1.165, 1.54) is 0 Å². The first-order chi connectivity index (χ1) is 8.86. The summed E-state index contributed by atoms with van der Waals surface area (Å²) in [5.41, 5.74) is -0.576. The average Bonchev–Trinajstić information content (AvgIpc) is 2.36. The number of nitriles is 1. The molecule has 0 aromatic heterocycles. The number of rotatable bonds is 5. The highest BCUT2D eigenvalue weighted by molar-refractivity contribution is 5.67. The summed E-state index contributed by atoms with van der Waals surface area (Å²) in [6, 6.07) is 4.79. The molecule has 0 saturated heterocycles. The zero-order chi connectivity index (χ0) is 14.6. The average molecular weight is 266 g/mol. The van der Waals surface area contributed by atoms with Gasteiger partial charge in [-0.1, -0.05) is 0 Å². The predicted molar refractivity (Wildman–Crippen MR) is 61.0 cm³/mol. The Morgan fingerprint density at radius 1 is 1.47 bits per heavy atom. The summed E-state index contributed by atoms with van der Waals surface area (Å²) in [4.78, 5) is 20.3. The Kier molecular flexibility index (Phi) is 4.52. The van der Waals surface area contributed by atoms with Crippen LogP contribution in [0.25, 0.3) is 0 Å². The Labute approximate surface area is 107 Å². The largest absolute Gasteiger partial charge is 0.481 e. The maximum absolute atomic E-state index is 10.5. The van der Waals surface area contributed by atoms with E-state index >= 15 is 0 Å². The van der Waals surface area contributed by atoms with Crippen molar-refractivity contribution in [3.63, 3.8) is 0 Å². The van der Waals surface area contributed by atoms with Crippen LogP contribution >= 0.6 is 0 Å². The molecule has 0 radical (unpaired) electrons. The molecule has 2 atom stereocenters. The predicted octanol–water partition coefficient (Wildman–Crippen LogP) is 0.335. The zero-order valence-corrected chi connectivity index (χ0v) is 9.55. The van der Waals surface area contributed by atoms with Gasteiger partial charge in [-0.15, -0.1) is 0 Å². The van der Waals surface area contributed by atoms with Gasteiger partial charge in [-0.2, -0.15) is 5.26 Å². The molecular formula is C11H10N2O6. The van der Waals surface area contributed by atoms with Crippen LogP contribution in [0.1, 0.15) is 23.7 Å².